The van der Waals surface area contributed by atoms with Gasteiger partial charge in [-0.3, -0.25) is 15.3 Å². The SMILES string of the molecule is CCCCN=C1CC(c2ccccc2)ON1. The summed E-state index contributed by atoms with van der Waals surface area (Å²) < 4.78 is 0. The molecular weight excluding hydrogens is 200 g/mol. The second kappa shape index (κ2) is 5.66. The van der Waals surface area contributed by atoms with Crippen molar-refractivity contribution in [2.45, 2.75) is 32.3 Å². The summed E-state index contributed by atoms with van der Waals surface area (Å²) in [6, 6.07) is 10.3. The first-order valence-electron chi connectivity index (χ1n) is 5.90. The van der Waals surface area contributed by atoms with E-state index in [9.17, 15) is 0 Å². The fourth-order valence-corrected chi connectivity index (χ4v) is 1.72. The number of rotatable bonds is 4. The van der Waals surface area contributed by atoms with Gasteiger partial charge in [-0.2, -0.15) is 0 Å². The van der Waals surface area contributed by atoms with E-state index < -0.39 is 0 Å². The zero-order valence-corrected chi connectivity index (χ0v) is 9.65. The maximum Gasteiger partial charge on any atom is 0.123 e. The minimum absolute atomic E-state index is 0.113. The molecule has 0 aliphatic carbocycles. The second-order valence-corrected chi connectivity index (χ2v) is 4.01. The van der Waals surface area contributed by atoms with Gasteiger partial charge in [0, 0.05) is 13.0 Å². The van der Waals surface area contributed by atoms with Crippen LogP contribution in [0.1, 0.15) is 37.9 Å². The highest BCUT2D eigenvalue weighted by molar-refractivity contribution is 5.83. The molecule has 0 radical (unpaired) electrons. The monoisotopic (exact) mass is 218 g/mol. The van der Waals surface area contributed by atoms with Gasteiger partial charge in [0.1, 0.15) is 11.9 Å². The highest BCUT2D eigenvalue weighted by Gasteiger charge is 2.22. The zero-order valence-electron chi connectivity index (χ0n) is 9.65. The predicted molar refractivity (Wildman–Crippen MR) is 65.2 cm³/mol. The van der Waals surface area contributed by atoms with Crippen LogP contribution in [0.15, 0.2) is 35.3 Å². The smallest absolute Gasteiger partial charge is 0.123 e. The first-order chi connectivity index (χ1) is 7.90. The summed E-state index contributed by atoms with van der Waals surface area (Å²) in [6.07, 6.45) is 3.29. The Morgan fingerprint density at radius 3 is 2.94 bits per heavy atom. The summed E-state index contributed by atoms with van der Waals surface area (Å²) in [6.45, 7) is 3.06. The number of hydrogen-bond acceptors (Lipinski definition) is 2. The second-order valence-electron chi connectivity index (χ2n) is 4.01. The zero-order chi connectivity index (χ0) is 11.2. The Labute approximate surface area is 96.5 Å². The van der Waals surface area contributed by atoms with Crippen LogP contribution < -0.4 is 5.48 Å². The molecule has 1 saturated heterocycles. The molecule has 0 spiro atoms. The largest absolute Gasteiger partial charge is 0.271 e. The average Bonchev–Trinajstić information content (AvgIpc) is 2.79. The Balaban J connectivity index is 1.91. The Morgan fingerprint density at radius 1 is 1.38 bits per heavy atom. The lowest BCUT2D eigenvalue weighted by atomic mass is 10.1. The quantitative estimate of drug-likeness (QED) is 0.788. The lowest BCUT2D eigenvalue weighted by Crippen LogP contribution is -2.13. The van der Waals surface area contributed by atoms with Crippen LogP contribution in [-0.2, 0) is 4.84 Å². The number of benzene rings is 1. The number of aliphatic imine (C=N–C) groups is 1. The molecule has 86 valence electrons. The molecule has 1 aliphatic heterocycles. The molecule has 0 saturated carbocycles. The van der Waals surface area contributed by atoms with Crippen LogP contribution in [0, 0.1) is 0 Å². The number of hydroxylamine groups is 1. The molecule has 0 amide bonds. The molecule has 1 N–H and O–H groups in total. The Hall–Kier alpha value is -1.35. The van der Waals surface area contributed by atoms with Gasteiger partial charge in [0.25, 0.3) is 0 Å². The lowest BCUT2D eigenvalue weighted by molar-refractivity contribution is 0.0448. The lowest BCUT2D eigenvalue weighted by Gasteiger charge is -2.05. The van der Waals surface area contributed by atoms with Crippen molar-refractivity contribution in [1.29, 1.82) is 0 Å². The van der Waals surface area contributed by atoms with E-state index in [-0.39, 0.29) is 6.10 Å². The number of unbranched alkanes of at least 4 members (excludes halogenated alkanes) is 1. The van der Waals surface area contributed by atoms with Gasteiger partial charge in [0.05, 0.1) is 0 Å². The number of nitrogens with one attached hydrogen (secondary N) is 1. The predicted octanol–water partition coefficient (Wildman–Crippen LogP) is 2.85. The average molecular weight is 218 g/mol. The third-order valence-electron chi connectivity index (χ3n) is 2.68. The molecule has 0 aromatic heterocycles. The summed E-state index contributed by atoms with van der Waals surface area (Å²) >= 11 is 0. The first-order valence-corrected chi connectivity index (χ1v) is 5.90. The van der Waals surface area contributed by atoms with E-state index in [0.717, 1.165) is 25.2 Å². The van der Waals surface area contributed by atoms with Crippen molar-refractivity contribution >= 4 is 5.84 Å². The van der Waals surface area contributed by atoms with Crippen LogP contribution >= 0.6 is 0 Å². The number of amidine groups is 1. The minimum atomic E-state index is 0.113. The third-order valence-corrected chi connectivity index (χ3v) is 2.68. The van der Waals surface area contributed by atoms with Crippen molar-refractivity contribution in [1.82, 2.24) is 5.48 Å². The van der Waals surface area contributed by atoms with Gasteiger partial charge >= 0.3 is 0 Å². The standard InChI is InChI=1S/C13H18N2O/c1-2-3-9-14-13-10-12(16-15-13)11-7-5-4-6-8-11/h4-8,12H,2-3,9-10H2,1H3,(H,14,15). The van der Waals surface area contributed by atoms with Gasteiger partial charge in [0.2, 0.25) is 0 Å². The first kappa shape index (κ1) is 11.1. The number of hydrogen-bond donors (Lipinski definition) is 1. The highest BCUT2D eigenvalue weighted by Crippen LogP contribution is 2.24. The van der Waals surface area contributed by atoms with Crippen molar-refractivity contribution in [2.24, 2.45) is 4.99 Å². The molecule has 0 bridgehead atoms. The van der Waals surface area contributed by atoms with Crippen LogP contribution in [0.3, 0.4) is 0 Å². The van der Waals surface area contributed by atoms with Gasteiger partial charge < -0.3 is 0 Å². The molecule has 1 aromatic carbocycles. The van der Waals surface area contributed by atoms with Crippen LogP contribution in [0.2, 0.25) is 0 Å². The van der Waals surface area contributed by atoms with Gasteiger partial charge in [-0.1, -0.05) is 43.7 Å². The van der Waals surface area contributed by atoms with Gasteiger partial charge in [-0.25, -0.2) is 0 Å². The molecular formula is C13H18N2O. The van der Waals surface area contributed by atoms with Crippen molar-refractivity contribution in [3.63, 3.8) is 0 Å². The van der Waals surface area contributed by atoms with Gasteiger partial charge in [0.15, 0.2) is 0 Å². The summed E-state index contributed by atoms with van der Waals surface area (Å²) in [7, 11) is 0. The molecule has 1 aliphatic rings. The highest BCUT2D eigenvalue weighted by atomic mass is 16.7. The Kier molecular flexibility index (Phi) is 3.94. The maximum atomic E-state index is 5.50. The van der Waals surface area contributed by atoms with Crippen molar-refractivity contribution in [3.8, 4) is 0 Å². The van der Waals surface area contributed by atoms with E-state index in [2.05, 4.69) is 29.5 Å². The molecule has 3 nitrogen and oxygen atoms in total. The molecule has 16 heavy (non-hydrogen) atoms. The van der Waals surface area contributed by atoms with E-state index in [4.69, 9.17) is 4.84 Å². The third kappa shape index (κ3) is 2.83. The van der Waals surface area contributed by atoms with Crippen LogP contribution in [0.25, 0.3) is 0 Å². The van der Waals surface area contributed by atoms with E-state index in [1.807, 2.05) is 18.2 Å². The molecule has 1 atom stereocenters. The Morgan fingerprint density at radius 2 is 2.19 bits per heavy atom. The van der Waals surface area contributed by atoms with Crippen LogP contribution in [0.5, 0.6) is 0 Å². The van der Waals surface area contributed by atoms with E-state index in [0.29, 0.717) is 0 Å². The van der Waals surface area contributed by atoms with E-state index >= 15 is 0 Å². The molecule has 1 aromatic rings. The molecule has 1 heterocycles. The molecule has 1 unspecified atom stereocenters. The van der Waals surface area contributed by atoms with Crippen molar-refractivity contribution < 1.29 is 4.84 Å². The van der Waals surface area contributed by atoms with E-state index in [1.165, 1.54) is 12.0 Å². The number of nitrogens with zero attached hydrogens (tertiary/aromatic N) is 1. The topological polar surface area (TPSA) is 33.6 Å². The normalized spacial score (nSPS) is 22.3. The fourth-order valence-electron chi connectivity index (χ4n) is 1.72. The van der Waals surface area contributed by atoms with Crippen molar-refractivity contribution in [2.75, 3.05) is 6.54 Å². The van der Waals surface area contributed by atoms with Crippen LogP contribution in [-0.4, -0.2) is 12.4 Å². The summed E-state index contributed by atoms with van der Waals surface area (Å²) in [5.74, 6) is 0.974. The minimum Gasteiger partial charge on any atom is -0.271 e. The maximum absolute atomic E-state index is 5.50. The fraction of sp³-hybridized carbons (Fsp3) is 0.462. The van der Waals surface area contributed by atoms with Crippen molar-refractivity contribution in [3.05, 3.63) is 35.9 Å². The molecule has 1 fully saturated rings. The van der Waals surface area contributed by atoms with Gasteiger partial charge in [-0.05, 0) is 12.0 Å². The van der Waals surface area contributed by atoms with E-state index in [1.54, 1.807) is 0 Å². The van der Waals surface area contributed by atoms with Gasteiger partial charge in [-0.15, -0.1) is 0 Å². The summed E-state index contributed by atoms with van der Waals surface area (Å²) in [4.78, 5) is 9.97. The molecule has 2 rings (SSSR count). The van der Waals surface area contributed by atoms with Crippen LogP contribution in [0.4, 0.5) is 0 Å². The Bertz CT molecular complexity index is 348. The summed E-state index contributed by atoms with van der Waals surface area (Å²) in [5.41, 5.74) is 4.12. The molecule has 3 heteroatoms. The summed E-state index contributed by atoms with van der Waals surface area (Å²) in [5, 5.41) is 0.